The Kier molecular flexibility index (Phi) is 8.28. The number of benzene rings is 4. The maximum Gasteiger partial charge on any atom is 0.339 e. The van der Waals surface area contributed by atoms with Gasteiger partial charge in [0, 0.05) is 22.6 Å². The molecule has 0 heterocycles. The summed E-state index contributed by atoms with van der Waals surface area (Å²) in [7, 11) is 3.12. The van der Waals surface area contributed by atoms with Crippen LogP contribution in [0.25, 0.3) is 11.1 Å². The van der Waals surface area contributed by atoms with E-state index in [4.69, 9.17) is 18.9 Å². The van der Waals surface area contributed by atoms with Crippen molar-refractivity contribution in [1.82, 2.24) is 0 Å². The molecule has 0 aromatic heterocycles. The maximum atomic E-state index is 15.0. The Morgan fingerprint density at radius 3 is 1.68 bits per heavy atom. The number of rotatable bonds is 9. The molecule has 0 saturated carbocycles. The van der Waals surface area contributed by atoms with Gasteiger partial charge in [-0.15, -0.1) is 0 Å². The number of carbonyl (C=O) groups excluding carboxylic acids is 2. The number of aliphatic hydroxyl groups is 1. The van der Waals surface area contributed by atoms with Gasteiger partial charge >= 0.3 is 11.9 Å². The van der Waals surface area contributed by atoms with Gasteiger partial charge in [-0.25, -0.2) is 9.59 Å². The molecule has 0 saturated heterocycles. The van der Waals surface area contributed by atoms with Gasteiger partial charge < -0.3 is 24.1 Å². The number of esters is 2. The molecule has 2 aliphatic carbocycles. The van der Waals surface area contributed by atoms with Crippen LogP contribution in [0.4, 0.5) is 0 Å². The lowest BCUT2D eigenvalue weighted by Crippen LogP contribution is -2.43. The number of hydrogen-bond donors (Lipinski definition) is 1. The lowest BCUT2D eigenvalue weighted by molar-refractivity contribution is -0.162. The fourth-order valence-electron chi connectivity index (χ4n) is 7.00. The molecule has 0 bridgehead atoms. The molecule has 240 valence electrons. The summed E-state index contributed by atoms with van der Waals surface area (Å²) in [5.74, 6) is -0.720. The summed E-state index contributed by atoms with van der Waals surface area (Å²) in [6.45, 7) is 7.27. The smallest absolute Gasteiger partial charge is 0.339 e. The van der Waals surface area contributed by atoms with Crippen molar-refractivity contribution in [3.8, 4) is 11.5 Å². The zero-order valence-electron chi connectivity index (χ0n) is 27.4. The van der Waals surface area contributed by atoms with Gasteiger partial charge in [-0.05, 0) is 65.9 Å². The van der Waals surface area contributed by atoms with E-state index in [0.29, 0.717) is 39.3 Å². The summed E-state index contributed by atoms with van der Waals surface area (Å²) in [5, 5.41) is 12.3. The van der Waals surface area contributed by atoms with Crippen molar-refractivity contribution in [2.45, 2.75) is 38.9 Å². The molecule has 2 aliphatic rings. The molecule has 2 atom stereocenters. The summed E-state index contributed by atoms with van der Waals surface area (Å²) in [5.41, 5.74) is 2.13. The Balaban J connectivity index is 1.64. The predicted octanol–water partition coefficient (Wildman–Crippen LogP) is 7.20. The normalized spacial score (nSPS) is 19.8. The van der Waals surface area contributed by atoms with E-state index in [-0.39, 0.29) is 17.8 Å². The first-order chi connectivity index (χ1) is 22.6. The van der Waals surface area contributed by atoms with Crippen LogP contribution in [0.3, 0.4) is 0 Å². The molecule has 0 fully saturated rings. The molecule has 0 aliphatic heterocycles. The quantitative estimate of drug-likeness (QED) is 0.196. The summed E-state index contributed by atoms with van der Waals surface area (Å²) >= 11 is 0. The molecule has 6 rings (SSSR count). The van der Waals surface area contributed by atoms with Crippen molar-refractivity contribution in [2.24, 2.45) is 5.92 Å². The molecule has 47 heavy (non-hydrogen) atoms. The van der Waals surface area contributed by atoms with Gasteiger partial charge in [-0.3, -0.25) is 0 Å². The maximum absolute atomic E-state index is 15.0. The molecule has 4 aromatic rings. The highest BCUT2D eigenvalue weighted by Gasteiger charge is 2.56. The number of hydrogen-bond acceptors (Lipinski definition) is 7. The van der Waals surface area contributed by atoms with Gasteiger partial charge in [-0.1, -0.05) is 86.6 Å². The van der Waals surface area contributed by atoms with Gasteiger partial charge in [0.15, 0.2) is 5.60 Å². The molecule has 4 aromatic carbocycles. The molecule has 7 nitrogen and oxygen atoms in total. The number of methoxy groups -OCH3 is 2. The fourth-order valence-corrected chi connectivity index (χ4v) is 7.00. The minimum Gasteiger partial charge on any atom is -0.497 e. The lowest BCUT2D eigenvalue weighted by Gasteiger charge is -2.37. The molecule has 7 heteroatoms. The van der Waals surface area contributed by atoms with Crippen LogP contribution in [-0.4, -0.2) is 37.9 Å². The molecule has 1 N–H and O–H groups in total. The van der Waals surface area contributed by atoms with Crippen LogP contribution in [0.2, 0.25) is 0 Å². The summed E-state index contributed by atoms with van der Waals surface area (Å²) < 4.78 is 23.6. The zero-order valence-corrected chi connectivity index (χ0v) is 27.4. The van der Waals surface area contributed by atoms with Crippen LogP contribution >= 0.6 is 0 Å². The highest BCUT2D eigenvalue weighted by Crippen LogP contribution is 2.56. The van der Waals surface area contributed by atoms with Gasteiger partial charge in [0.1, 0.15) is 17.1 Å². The van der Waals surface area contributed by atoms with Crippen LogP contribution in [-0.2, 0) is 30.3 Å². The summed E-state index contributed by atoms with van der Waals surface area (Å²) in [4.78, 5) is 29.1. The van der Waals surface area contributed by atoms with E-state index < -0.39 is 29.1 Å². The molecule has 0 spiro atoms. The van der Waals surface area contributed by atoms with Crippen LogP contribution < -0.4 is 9.47 Å². The highest BCUT2D eigenvalue weighted by atomic mass is 16.6. The van der Waals surface area contributed by atoms with E-state index in [1.807, 2.05) is 98.8 Å². The third-order valence-corrected chi connectivity index (χ3v) is 9.15. The van der Waals surface area contributed by atoms with Crippen LogP contribution in [0.5, 0.6) is 11.5 Å². The summed E-state index contributed by atoms with van der Waals surface area (Å²) in [6.07, 6.45) is 0. The Morgan fingerprint density at radius 1 is 0.702 bits per heavy atom. The van der Waals surface area contributed by atoms with Crippen molar-refractivity contribution >= 4 is 23.1 Å². The van der Waals surface area contributed by atoms with E-state index >= 15 is 0 Å². The van der Waals surface area contributed by atoms with Gasteiger partial charge in [0.05, 0.1) is 32.0 Å². The SMILES string of the molecule is CCOC(=O)C1=C(c2ccccc2)c2ccc(OC)cc2C1(OC(=O)C1=C(c2ccccc2)c2ccc(OC)cc2C1(C)O)C(C)C. The van der Waals surface area contributed by atoms with Gasteiger partial charge in [0.2, 0.25) is 0 Å². The lowest BCUT2D eigenvalue weighted by atomic mass is 9.79. The Morgan fingerprint density at radius 2 is 1.19 bits per heavy atom. The average molecular weight is 631 g/mol. The fraction of sp³-hybridized carbons (Fsp3) is 0.250. The number of fused-ring (bicyclic) bond motifs is 2. The van der Waals surface area contributed by atoms with Gasteiger partial charge in [-0.2, -0.15) is 0 Å². The number of carbonyl (C=O) groups is 2. The van der Waals surface area contributed by atoms with Gasteiger partial charge in [0.25, 0.3) is 0 Å². The average Bonchev–Trinajstić information content (AvgIpc) is 3.51. The van der Waals surface area contributed by atoms with Crippen LogP contribution in [0.15, 0.2) is 108 Å². The second-order valence-corrected chi connectivity index (χ2v) is 12.1. The van der Waals surface area contributed by atoms with Crippen molar-refractivity contribution in [3.05, 3.63) is 142 Å². The van der Waals surface area contributed by atoms with E-state index in [0.717, 1.165) is 16.7 Å². The molecular formula is C40H38O7. The predicted molar refractivity (Wildman–Crippen MR) is 180 cm³/mol. The van der Waals surface area contributed by atoms with E-state index in [2.05, 4.69) is 0 Å². The Hall–Kier alpha value is -5.14. The van der Waals surface area contributed by atoms with Crippen molar-refractivity contribution < 1.29 is 33.6 Å². The molecule has 2 unspecified atom stereocenters. The second-order valence-electron chi connectivity index (χ2n) is 12.1. The van der Waals surface area contributed by atoms with Crippen molar-refractivity contribution in [1.29, 1.82) is 0 Å². The summed E-state index contributed by atoms with van der Waals surface area (Å²) in [6, 6.07) is 29.9. The van der Waals surface area contributed by atoms with E-state index in [1.54, 1.807) is 40.2 Å². The zero-order chi connectivity index (χ0) is 33.5. The first-order valence-corrected chi connectivity index (χ1v) is 15.7. The first-order valence-electron chi connectivity index (χ1n) is 15.7. The van der Waals surface area contributed by atoms with Crippen molar-refractivity contribution in [2.75, 3.05) is 20.8 Å². The van der Waals surface area contributed by atoms with E-state index in [1.165, 1.54) is 0 Å². The standard InChI is InChI=1S/C40H38O7/c1-7-46-37(41)36-34(26-16-12-9-13-17-26)30-21-19-28(45-6)23-32(30)40(36,24(2)3)47-38(42)35-33(25-14-10-8-11-15-25)29-20-18-27(44-5)22-31(29)39(35,4)43/h8-24,43H,7H2,1-6H3. The van der Waals surface area contributed by atoms with Crippen LogP contribution in [0, 0.1) is 5.92 Å². The minimum atomic E-state index is -1.75. The minimum absolute atomic E-state index is 0.0628. The van der Waals surface area contributed by atoms with Crippen molar-refractivity contribution in [3.63, 3.8) is 0 Å². The third-order valence-electron chi connectivity index (χ3n) is 9.15. The largest absolute Gasteiger partial charge is 0.497 e. The second kappa shape index (κ2) is 12.2. The topological polar surface area (TPSA) is 91.3 Å². The van der Waals surface area contributed by atoms with E-state index in [9.17, 15) is 14.7 Å². The first kappa shape index (κ1) is 31.8. The molecule has 0 amide bonds. The highest BCUT2D eigenvalue weighted by molar-refractivity contribution is 6.11. The van der Waals surface area contributed by atoms with Crippen LogP contribution in [0.1, 0.15) is 61.1 Å². The Bertz CT molecular complexity index is 1920. The monoisotopic (exact) mass is 630 g/mol. The Labute approximate surface area is 275 Å². The molecular weight excluding hydrogens is 592 g/mol. The molecule has 0 radical (unpaired) electrons. The third kappa shape index (κ3) is 5.02. The number of ether oxygens (including phenoxy) is 4.